The summed E-state index contributed by atoms with van der Waals surface area (Å²) >= 11 is 2.47. The molecule has 0 unspecified atom stereocenters. The minimum absolute atomic E-state index is 0.890. The van der Waals surface area contributed by atoms with Crippen molar-refractivity contribution in [3.05, 3.63) is 0 Å². The van der Waals surface area contributed by atoms with Gasteiger partial charge in [0.15, 0.2) is 0 Å². The monoisotopic (exact) mass is 254 g/mol. The van der Waals surface area contributed by atoms with Crippen molar-refractivity contribution >= 4 is 22.6 Å². The molecular formula is C9H19I. The number of halogens is 1. The Kier molecular flexibility index (Phi) is 6.91. The first-order chi connectivity index (χ1) is 4.66. The van der Waals surface area contributed by atoms with Crippen LogP contribution >= 0.6 is 22.6 Å². The molecule has 0 heterocycles. The van der Waals surface area contributed by atoms with Gasteiger partial charge >= 0.3 is 0 Å². The number of alkyl halides is 1. The standard InChI is InChI=1S/C9H19I/c1-8(2)5-4-6-9(3)7-10/h8-9H,4-7H2,1-3H3/t9-/m0/s1. The highest BCUT2D eigenvalue weighted by molar-refractivity contribution is 14.1. The van der Waals surface area contributed by atoms with Crippen LogP contribution in [-0.2, 0) is 0 Å². The molecule has 0 aromatic rings. The molecule has 0 aliphatic carbocycles. The van der Waals surface area contributed by atoms with Crippen LogP contribution in [-0.4, -0.2) is 4.43 Å². The zero-order valence-corrected chi connectivity index (χ0v) is 9.52. The summed E-state index contributed by atoms with van der Waals surface area (Å²) in [5.41, 5.74) is 0. The Hall–Kier alpha value is 0.730. The molecule has 0 aliphatic rings. The zero-order valence-electron chi connectivity index (χ0n) is 7.36. The lowest BCUT2D eigenvalue weighted by Gasteiger charge is -2.07. The average molecular weight is 254 g/mol. The van der Waals surface area contributed by atoms with E-state index in [2.05, 4.69) is 43.4 Å². The van der Waals surface area contributed by atoms with Gasteiger partial charge in [-0.1, -0.05) is 56.2 Å². The highest BCUT2D eigenvalue weighted by atomic mass is 127. The predicted octanol–water partition coefficient (Wildman–Crippen LogP) is 3.88. The molecule has 0 N–H and O–H groups in total. The molecule has 1 heteroatoms. The Morgan fingerprint density at radius 3 is 2.10 bits per heavy atom. The van der Waals surface area contributed by atoms with Crippen molar-refractivity contribution in [2.45, 2.75) is 40.0 Å². The van der Waals surface area contributed by atoms with Gasteiger partial charge in [0.2, 0.25) is 0 Å². The normalized spacial score (nSPS) is 14.1. The van der Waals surface area contributed by atoms with Crippen molar-refractivity contribution in [3.8, 4) is 0 Å². The van der Waals surface area contributed by atoms with Crippen LogP contribution in [0.1, 0.15) is 40.0 Å². The van der Waals surface area contributed by atoms with Crippen molar-refractivity contribution in [2.24, 2.45) is 11.8 Å². The van der Waals surface area contributed by atoms with Crippen molar-refractivity contribution in [1.82, 2.24) is 0 Å². The predicted molar refractivity (Wildman–Crippen MR) is 56.7 cm³/mol. The minimum atomic E-state index is 0.890. The molecule has 0 nitrogen and oxygen atoms in total. The molecule has 1 atom stereocenters. The van der Waals surface area contributed by atoms with E-state index in [1.54, 1.807) is 0 Å². The van der Waals surface area contributed by atoms with Gasteiger partial charge in [-0.15, -0.1) is 0 Å². The number of rotatable bonds is 5. The van der Waals surface area contributed by atoms with Crippen LogP contribution < -0.4 is 0 Å². The van der Waals surface area contributed by atoms with Gasteiger partial charge in [0.25, 0.3) is 0 Å². The van der Waals surface area contributed by atoms with Gasteiger partial charge < -0.3 is 0 Å². The van der Waals surface area contributed by atoms with E-state index in [0.29, 0.717) is 0 Å². The summed E-state index contributed by atoms with van der Waals surface area (Å²) in [5, 5.41) is 0. The van der Waals surface area contributed by atoms with Crippen LogP contribution in [0.2, 0.25) is 0 Å². The average Bonchev–Trinajstić information content (AvgIpc) is 1.87. The van der Waals surface area contributed by atoms with Crippen LogP contribution in [0.5, 0.6) is 0 Å². The minimum Gasteiger partial charge on any atom is -0.0861 e. The van der Waals surface area contributed by atoms with E-state index in [1.165, 1.54) is 23.7 Å². The van der Waals surface area contributed by atoms with Gasteiger partial charge in [-0.05, 0) is 18.3 Å². The second-order valence-corrected chi connectivity index (χ2v) is 4.47. The summed E-state index contributed by atoms with van der Waals surface area (Å²) in [6.07, 6.45) is 4.24. The number of hydrogen-bond donors (Lipinski definition) is 0. The zero-order chi connectivity index (χ0) is 7.98. The quantitative estimate of drug-likeness (QED) is 0.516. The van der Waals surface area contributed by atoms with E-state index in [1.807, 2.05) is 0 Å². The maximum atomic E-state index is 2.47. The molecule has 0 saturated carbocycles. The summed E-state index contributed by atoms with van der Waals surface area (Å²) in [6.45, 7) is 6.94. The van der Waals surface area contributed by atoms with Crippen LogP contribution in [0.3, 0.4) is 0 Å². The molecule has 0 rings (SSSR count). The van der Waals surface area contributed by atoms with E-state index in [9.17, 15) is 0 Å². The molecule has 0 radical (unpaired) electrons. The largest absolute Gasteiger partial charge is 0.0861 e. The lowest BCUT2D eigenvalue weighted by atomic mass is 10.0. The Labute approximate surface area is 78.9 Å². The summed E-state index contributed by atoms with van der Waals surface area (Å²) < 4.78 is 1.32. The molecule has 0 aromatic heterocycles. The summed E-state index contributed by atoms with van der Waals surface area (Å²) in [5.74, 6) is 1.82. The first-order valence-corrected chi connectivity index (χ1v) is 5.75. The van der Waals surface area contributed by atoms with Gasteiger partial charge in [0.05, 0.1) is 0 Å². The molecule has 0 amide bonds. The van der Waals surface area contributed by atoms with Crippen LogP contribution in [0, 0.1) is 11.8 Å². The van der Waals surface area contributed by atoms with Gasteiger partial charge in [0, 0.05) is 4.43 Å². The van der Waals surface area contributed by atoms with Crippen LogP contribution in [0.4, 0.5) is 0 Å². The van der Waals surface area contributed by atoms with Gasteiger partial charge in [-0.2, -0.15) is 0 Å². The molecule has 0 aromatic carbocycles. The van der Waals surface area contributed by atoms with Gasteiger partial charge in [-0.25, -0.2) is 0 Å². The molecule has 10 heavy (non-hydrogen) atoms. The Bertz CT molecular complexity index is 69.1. The molecule has 0 aliphatic heterocycles. The molecule has 0 fully saturated rings. The smallest absolute Gasteiger partial charge is 0.00210 e. The van der Waals surface area contributed by atoms with Gasteiger partial charge in [-0.3, -0.25) is 0 Å². The summed E-state index contributed by atoms with van der Waals surface area (Å²) in [6, 6.07) is 0. The van der Waals surface area contributed by atoms with Crippen LogP contribution in [0.25, 0.3) is 0 Å². The Balaban J connectivity index is 3.03. The molecule has 0 bridgehead atoms. The van der Waals surface area contributed by atoms with E-state index >= 15 is 0 Å². The topological polar surface area (TPSA) is 0 Å². The van der Waals surface area contributed by atoms with E-state index in [4.69, 9.17) is 0 Å². The Morgan fingerprint density at radius 1 is 1.10 bits per heavy atom. The first-order valence-electron chi connectivity index (χ1n) is 4.22. The third-order valence-electron chi connectivity index (χ3n) is 1.74. The van der Waals surface area contributed by atoms with E-state index in [0.717, 1.165) is 11.8 Å². The van der Waals surface area contributed by atoms with Crippen molar-refractivity contribution in [1.29, 1.82) is 0 Å². The highest BCUT2D eigenvalue weighted by Gasteiger charge is 1.99. The maximum absolute atomic E-state index is 2.47. The lowest BCUT2D eigenvalue weighted by Crippen LogP contribution is -1.96. The summed E-state index contributed by atoms with van der Waals surface area (Å²) in [7, 11) is 0. The molecular weight excluding hydrogens is 235 g/mol. The van der Waals surface area contributed by atoms with E-state index < -0.39 is 0 Å². The SMILES string of the molecule is CC(C)CCC[C@H](C)CI. The van der Waals surface area contributed by atoms with Crippen LogP contribution in [0.15, 0.2) is 0 Å². The van der Waals surface area contributed by atoms with Crippen molar-refractivity contribution in [2.75, 3.05) is 4.43 Å². The first kappa shape index (κ1) is 10.7. The van der Waals surface area contributed by atoms with E-state index in [-0.39, 0.29) is 0 Å². The lowest BCUT2D eigenvalue weighted by molar-refractivity contribution is 0.487. The van der Waals surface area contributed by atoms with Gasteiger partial charge in [0.1, 0.15) is 0 Å². The third-order valence-corrected chi connectivity index (χ3v) is 3.25. The van der Waals surface area contributed by atoms with Crippen molar-refractivity contribution in [3.63, 3.8) is 0 Å². The molecule has 62 valence electrons. The fourth-order valence-electron chi connectivity index (χ4n) is 0.952. The molecule has 0 spiro atoms. The summed E-state index contributed by atoms with van der Waals surface area (Å²) in [4.78, 5) is 0. The highest BCUT2D eigenvalue weighted by Crippen LogP contribution is 2.13. The second-order valence-electron chi connectivity index (χ2n) is 3.58. The molecule has 0 saturated heterocycles. The maximum Gasteiger partial charge on any atom is 0.00210 e. The fraction of sp³-hybridized carbons (Fsp3) is 1.00. The fourth-order valence-corrected chi connectivity index (χ4v) is 1.39. The van der Waals surface area contributed by atoms with Crippen molar-refractivity contribution < 1.29 is 0 Å². The Morgan fingerprint density at radius 2 is 1.70 bits per heavy atom. The second kappa shape index (κ2) is 6.44. The number of hydrogen-bond acceptors (Lipinski definition) is 0. The third kappa shape index (κ3) is 6.84.